The van der Waals surface area contributed by atoms with Gasteiger partial charge >= 0.3 is 0 Å². The number of fused-ring (bicyclic) bond motifs is 1. The zero-order valence-corrected chi connectivity index (χ0v) is 13.5. The lowest BCUT2D eigenvalue weighted by Crippen LogP contribution is -2.65. The third-order valence-electron chi connectivity index (χ3n) is 6.15. The zero-order valence-electron chi connectivity index (χ0n) is 13.5. The van der Waals surface area contributed by atoms with Gasteiger partial charge in [0.05, 0.1) is 0 Å². The normalized spacial score (nSPS) is 44.2. The molecule has 0 bridgehead atoms. The fourth-order valence-corrected chi connectivity index (χ4v) is 5.37. The second kappa shape index (κ2) is 5.94. The number of piperazine rings is 1. The van der Waals surface area contributed by atoms with E-state index < -0.39 is 0 Å². The number of nitrogens with two attached hydrogens (primary N) is 1. The molecule has 0 spiro atoms. The summed E-state index contributed by atoms with van der Waals surface area (Å²) in [5.74, 6) is 1.68. The van der Waals surface area contributed by atoms with E-state index in [1.54, 1.807) is 0 Å². The van der Waals surface area contributed by atoms with Crippen molar-refractivity contribution in [2.75, 3.05) is 32.7 Å². The van der Waals surface area contributed by atoms with Gasteiger partial charge in [0.2, 0.25) is 0 Å². The fraction of sp³-hybridized carbons (Fsp3) is 1.00. The van der Waals surface area contributed by atoms with Crippen LogP contribution in [0.4, 0.5) is 0 Å². The summed E-state index contributed by atoms with van der Waals surface area (Å²) < 4.78 is 0. The van der Waals surface area contributed by atoms with Gasteiger partial charge in [-0.25, -0.2) is 0 Å². The molecule has 0 aromatic heterocycles. The minimum absolute atomic E-state index is 0.306. The molecule has 3 unspecified atom stereocenters. The molecule has 3 fully saturated rings. The Morgan fingerprint density at radius 1 is 1.05 bits per heavy atom. The Labute approximate surface area is 124 Å². The van der Waals surface area contributed by atoms with Crippen molar-refractivity contribution in [3.8, 4) is 0 Å². The molecular weight excluding hydrogens is 246 g/mol. The highest BCUT2D eigenvalue weighted by Gasteiger charge is 2.44. The third-order valence-corrected chi connectivity index (χ3v) is 6.15. The number of rotatable bonds is 2. The number of hydrogen-bond donors (Lipinski definition) is 1. The molecule has 0 aromatic rings. The molecule has 20 heavy (non-hydrogen) atoms. The molecule has 0 radical (unpaired) electrons. The van der Waals surface area contributed by atoms with E-state index in [-0.39, 0.29) is 0 Å². The van der Waals surface area contributed by atoms with E-state index in [2.05, 4.69) is 23.6 Å². The standard InChI is InChI=1S/C17H33N3/c1-14-9-15(2)11-17(10-14,13-18)20-8-7-19-6-4-3-5-16(19)12-20/h14-16H,3-13,18H2,1-2H3. The van der Waals surface area contributed by atoms with Gasteiger partial charge in [-0.1, -0.05) is 20.3 Å². The lowest BCUT2D eigenvalue weighted by Gasteiger charge is -2.55. The SMILES string of the molecule is CC1CC(C)CC(CN)(N2CCN3CCCCC3C2)C1. The topological polar surface area (TPSA) is 32.5 Å². The summed E-state index contributed by atoms with van der Waals surface area (Å²) in [6.07, 6.45) is 8.28. The van der Waals surface area contributed by atoms with E-state index in [0.29, 0.717) is 5.54 Å². The first-order chi connectivity index (χ1) is 9.63. The van der Waals surface area contributed by atoms with Gasteiger partial charge in [-0.05, 0) is 50.5 Å². The maximum absolute atomic E-state index is 6.31. The van der Waals surface area contributed by atoms with Gasteiger partial charge in [0.25, 0.3) is 0 Å². The highest BCUT2D eigenvalue weighted by molar-refractivity contribution is 5.01. The minimum atomic E-state index is 0.306. The number of nitrogens with zero attached hydrogens (tertiary/aromatic N) is 2. The van der Waals surface area contributed by atoms with E-state index >= 15 is 0 Å². The van der Waals surface area contributed by atoms with Crippen molar-refractivity contribution in [3.63, 3.8) is 0 Å². The third kappa shape index (κ3) is 2.77. The molecule has 0 aromatic carbocycles. The molecule has 1 aliphatic carbocycles. The Bertz CT molecular complexity index is 320. The summed E-state index contributed by atoms with van der Waals surface area (Å²) in [6, 6.07) is 0.813. The Hall–Kier alpha value is -0.120. The molecule has 116 valence electrons. The quantitative estimate of drug-likeness (QED) is 0.842. The van der Waals surface area contributed by atoms with Crippen LogP contribution in [0, 0.1) is 11.8 Å². The lowest BCUT2D eigenvalue weighted by molar-refractivity contribution is -0.0430. The summed E-state index contributed by atoms with van der Waals surface area (Å²) in [6.45, 7) is 10.8. The number of hydrogen-bond acceptors (Lipinski definition) is 3. The summed E-state index contributed by atoms with van der Waals surface area (Å²) in [7, 11) is 0. The predicted molar refractivity (Wildman–Crippen MR) is 84.7 cm³/mol. The second-order valence-corrected chi connectivity index (χ2v) is 7.91. The Morgan fingerprint density at radius 2 is 1.80 bits per heavy atom. The van der Waals surface area contributed by atoms with Crippen LogP contribution in [0.5, 0.6) is 0 Å². The van der Waals surface area contributed by atoms with E-state index in [1.807, 2.05) is 0 Å². The smallest absolute Gasteiger partial charge is 0.0338 e. The Morgan fingerprint density at radius 3 is 2.50 bits per heavy atom. The van der Waals surface area contributed by atoms with Gasteiger partial charge in [0.1, 0.15) is 0 Å². The monoisotopic (exact) mass is 279 g/mol. The number of piperidine rings is 1. The van der Waals surface area contributed by atoms with E-state index in [4.69, 9.17) is 5.73 Å². The first-order valence-electron chi connectivity index (χ1n) is 8.82. The maximum Gasteiger partial charge on any atom is 0.0338 e. The molecule has 3 aliphatic rings. The van der Waals surface area contributed by atoms with Crippen LogP contribution in [0.3, 0.4) is 0 Å². The minimum Gasteiger partial charge on any atom is -0.329 e. The fourth-order valence-electron chi connectivity index (χ4n) is 5.37. The van der Waals surface area contributed by atoms with Crippen molar-refractivity contribution >= 4 is 0 Å². The van der Waals surface area contributed by atoms with Crippen LogP contribution in [0.2, 0.25) is 0 Å². The molecule has 2 heterocycles. The largest absolute Gasteiger partial charge is 0.329 e. The molecular formula is C17H33N3. The molecule has 3 nitrogen and oxygen atoms in total. The van der Waals surface area contributed by atoms with Crippen molar-refractivity contribution in [2.45, 2.75) is 64.0 Å². The lowest BCUT2D eigenvalue weighted by atomic mass is 9.70. The molecule has 2 aliphatic heterocycles. The molecule has 2 N–H and O–H groups in total. The summed E-state index contributed by atoms with van der Waals surface area (Å²) in [5.41, 5.74) is 6.61. The van der Waals surface area contributed by atoms with Crippen molar-refractivity contribution in [1.29, 1.82) is 0 Å². The van der Waals surface area contributed by atoms with Crippen LogP contribution >= 0.6 is 0 Å². The van der Waals surface area contributed by atoms with Crippen molar-refractivity contribution in [1.82, 2.24) is 9.80 Å². The average molecular weight is 279 g/mol. The van der Waals surface area contributed by atoms with Gasteiger partial charge in [-0.15, -0.1) is 0 Å². The van der Waals surface area contributed by atoms with Gasteiger partial charge < -0.3 is 5.73 Å². The van der Waals surface area contributed by atoms with Crippen LogP contribution in [0.1, 0.15) is 52.4 Å². The van der Waals surface area contributed by atoms with Crippen molar-refractivity contribution < 1.29 is 0 Å². The predicted octanol–water partition coefficient (Wildman–Crippen LogP) is 2.31. The highest BCUT2D eigenvalue weighted by Crippen LogP contribution is 2.40. The van der Waals surface area contributed by atoms with Gasteiger partial charge in [-0.2, -0.15) is 0 Å². The van der Waals surface area contributed by atoms with Gasteiger partial charge in [0.15, 0.2) is 0 Å². The first kappa shape index (κ1) is 14.8. The maximum atomic E-state index is 6.31. The Balaban J connectivity index is 1.72. The van der Waals surface area contributed by atoms with Crippen LogP contribution in [0.15, 0.2) is 0 Å². The van der Waals surface area contributed by atoms with Crippen LogP contribution < -0.4 is 5.73 Å². The first-order valence-corrected chi connectivity index (χ1v) is 8.82. The molecule has 2 saturated heterocycles. The summed E-state index contributed by atoms with van der Waals surface area (Å²) >= 11 is 0. The van der Waals surface area contributed by atoms with Crippen molar-refractivity contribution in [2.24, 2.45) is 17.6 Å². The van der Waals surface area contributed by atoms with Gasteiger partial charge in [-0.3, -0.25) is 9.80 Å². The summed E-state index contributed by atoms with van der Waals surface area (Å²) in [5, 5.41) is 0. The van der Waals surface area contributed by atoms with Crippen LogP contribution in [-0.2, 0) is 0 Å². The Kier molecular flexibility index (Phi) is 4.40. The van der Waals surface area contributed by atoms with E-state index in [0.717, 1.165) is 24.4 Å². The zero-order chi connectivity index (χ0) is 14.2. The van der Waals surface area contributed by atoms with Crippen LogP contribution in [0.25, 0.3) is 0 Å². The molecule has 3 rings (SSSR count). The second-order valence-electron chi connectivity index (χ2n) is 7.91. The highest BCUT2D eigenvalue weighted by atomic mass is 15.3. The van der Waals surface area contributed by atoms with Crippen LogP contribution in [-0.4, -0.2) is 54.1 Å². The molecule has 3 heteroatoms. The van der Waals surface area contributed by atoms with E-state index in [9.17, 15) is 0 Å². The molecule has 1 saturated carbocycles. The average Bonchev–Trinajstić information content (AvgIpc) is 2.45. The summed E-state index contributed by atoms with van der Waals surface area (Å²) in [4.78, 5) is 5.53. The van der Waals surface area contributed by atoms with Crippen molar-refractivity contribution in [3.05, 3.63) is 0 Å². The molecule has 0 amide bonds. The van der Waals surface area contributed by atoms with Gasteiger partial charge in [0, 0.05) is 37.8 Å². The molecule has 3 atom stereocenters. The van der Waals surface area contributed by atoms with E-state index in [1.165, 1.54) is 64.7 Å².